The van der Waals surface area contributed by atoms with Crippen molar-refractivity contribution in [3.05, 3.63) is 64.7 Å². The standard InChI is InChI=1S/C22H32N2S.C2H6.CH3Cl/c1-4-5-6-7-10-15-23-22(19-14-13-17(2)16-18(19)3)20-11-8-9-12-21(20)24-25;2*1-2/h8-9,11-14,16,22-25H,4-7,10,15H2,1-3H3;1-2H3;1H3. The zero-order valence-corrected chi connectivity index (χ0v) is 20.8. The van der Waals surface area contributed by atoms with Crippen molar-refractivity contribution >= 4 is 30.1 Å². The van der Waals surface area contributed by atoms with E-state index in [9.17, 15) is 0 Å². The van der Waals surface area contributed by atoms with Gasteiger partial charge in [0.25, 0.3) is 0 Å². The number of para-hydroxylation sites is 1. The van der Waals surface area contributed by atoms with Crippen molar-refractivity contribution in [2.75, 3.05) is 17.6 Å². The molecular formula is C25H41ClN2S. The molecule has 0 heterocycles. The Labute approximate surface area is 190 Å². The molecule has 0 spiro atoms. The fourth-order valence-corrected chi connectivity index (χ4v) is 3.57. The molecule has 29 heavy (non-hydrogen) atoms. The van der Waals surface area contributed by atoms with Gasteiger partial charge >= 0.3 is 0 Å². The molecule has 0 saturated carbocycles. The second-order valence-corrected chi connectivity index (χ2v) is 7.08. The Morgan fingerprint density at radius 3 is 2.17 bits per heavy atom. The zero-order chi connectivity index (χ0) is 22.1. The largest absolute Gasteiger partial charge is 0.332 e. The fourth-order valence-electron chi connectivity index (χ4n) is 3.36. The number of nitrogens with one attached hydrogen (secondary N) is 2. The third-order valence-electron chi connectivity index (χ3n) is 4.76. The van der Waals surface area contributed by atoms with Crippen molar-refractivity contribution in [3.63, 3.8) is 0 Å². The van der Waals surface area contributed by atoms with Gasteiger partial charge in [-0.3, -0.25) is 0 Å². The molecule has 164 valence electrons. The lowest BCUT2D eigenvalue weighted by atomic mass is 9.92. The molecule has 2 nitrogen and oxygen atoms in total. The zero-order valence-electron chi connectivity index (χ0n) is 19.2. The number of halogens is 1. The van der Waals surface area contributed by atoms with Crippen LogP contribution < -0.4 is 10.0 Å². The van der Waals surface area contributed by atoms with Gasteiger partial charge in [-0.1, -0.05) is 101 Å². The van der Waals surface area contributed by atoms with Crippen molar-refractivity contribution in [2.45, 2.75) is 72.8 Å². The number of anilines is 1. The molecule has 0 bridgehead atoms. The number of alkyl halides is 1. The highest BCUT2D eigenvalue weighted by atomic mass is 35.5. The maximum Gasteiger partial charge on any atom is 0.0600 e. The Balaban J connectivity index is 0.00000184. The molecule has 0 radical (unpaired) electrons. The summed E-state index contributed by atoms with van der Waals surface area (Å²) in [5.41, 5.74) is 6.29. The van der Waals surface area contributed by atoms with Crippen molar-refractivity contribution in [2.24, 2.45) is 0 Å². The summed E-state index contributed by atoms with van der Waals surface area (Å²) in [4.78, 5) is 0. The summed E-state index contributed by atoms with van der Waals surface area (Å²) in [6.45, 7) is 11.6. The second-order valence-electron chi connectivity index (χ2n) is 6.86. The van der Waals surface area contributed by atoms with E-state index in [0.29, 0.717) is 0 Å². The van der Waals surface area contributed by atoms with E-state index < -0.39 is 0 Å². The number of rotatable bonds is 10. The van der Waals surface area contributed by atoms with Crippen molar-refractivity contribution in [3.8, 4) is 0 Å². The van der Waals surface area contributed by atoms with Crippen LogP contribution in [-0.2, 0) is 0 Å². The Morgan fingerprint density at radius 1 is 0.897 bits per heavy atom. The van der Waals surface area contributed by atoms with Crippen molar-refractivity contribution in [1.29, 1.82) is 0 Å². The van der Waals surface area contributed by atoms with Gasteiger partial charge in [0.05, 0.1) is 6.04 Å². The molecule has 0 aliphatic rings. The monoisotopic (exact) mass is 436 g/mol. The molecule has 2 aromatic carbocycles. The minimum atomic E-state index is 0.183. The van der Waals surface area contributed by atoms with Gasteiger partial charge in [0.2, 0.25) is 0 Å². The van der Waals surface area contributed by atoms with Crippen LogP contribution in [0, 0.1) is 13.8 Å². The molecule has 4 heteroatoms. The summed E-state index contributed by atoms with van der Waals surface area (Å²) < 4.78 is 3.05. The third-order valence-corrected chi connectivity index (χ3v) is 5.00. The number of benzene rings is 2. The number of aryl methyl sites for hydroxylation is 2. The number of thiol groups is 1. The van der Waals surface area contributed by atoms with Gasteiger partial charge in [0.1, 0.15) is 0 Å². The first kappa shape index (κ1) is 27.8. The fraction of sp³-hybridized carbons (Fsp3) is 0.520. The molecule has 2 aromatic rings. The molecule has 0 aliphatic heterocycles. The molecule has 0 aliphatic carbocycles. The average Bonchev–Trinajstić information content (AvgIpc) is 2.77. The van der Waals surface area contributed by atoms with Gasteiger partial charge in [-0.25, -0.2) is 0 Å². The van der Waals surface area contributed by atoms with E-state index in [0.717, 1.165) is 12.2 Å². The molecule has 0 aromatic heterocycles. The lowest BCUT2D eigenvalue weighted by molar-refractivity contribution is 0.548. The normalized spacial score (nSPS) is 10.9. The summed E-state index contributed by atoms with van der Waals surface area (Å²) in [7, 11) is 0. The van der Waals surface area contributed by atoms with Crippen LogP contribution in [0.4, 0.5) is 5.69 Å². The second kappa shape index (κ2) is 17.7. The average molecular weight is 437 g/mol. The van der Waals surface area contributed by atoms with Gasteiger partial charge in [-0.2, -0.15) is 0 Å². The van der Waals surface area contributed by atoms with Crippen LogP contribution >= 0.6 is 24.4 Å². The first-order valence-corrected chi connectivity index (χ1v) is 12.0. The summed E-state index contributed by atoms with van der Waals surface area (Å²) >= 11 is 8.94. The van der Waals surface area contributed by atoms with Crippen LogP contribution in [0.25, 0.3) is 0 Å². The molecular weight excluding hydrogens is 396 g/mol. The van der Waals surface area contributed by atoms with Crippen molar-refractivity contribution < 1.29 is 0 Å². The smallest absolute Gasteiger partial charge is 0.0600 e. The molecule has 0 saturated heterocycles. The van der Waals surface area contributed by atoms with E-state index in [1.54, 1.807) is 0 Å². The predicted molar refractivity (Wildman–Crippen MR) is 137 cm³/mol. The molecule has 0 amide bonds. The van der Waals surface area contributed by atoms with Crippen LogP contribution in [0.15, 0.2) is 42.5 Å². The highest BCUT2D eigenvalue weighted by Gasteiger charge is 2.18. The van der Waals surface area contributed by atoms with Crippen LogP contribution in [-0.4, -0.2) is 12.9 Å². The highest BCUT2D eigenvalue weighted by molar-refractivity contribution is 7.81. The first-order valence-electron chi connectivity index (χ1n) is 10.8. The Hall–Kier alpha value is -1.16. The molecule has 2 N–H and O–H groups in total. The van der Waals surface area contributed by atoms with Gasteiger partial charge in [-0.05, 0) is 49.6 Å². The van der Waals surface area contributed by atoms with Gasteiger partial charge < -0.3 is 10.0 Å². The van der Waals surface area contributed by atoms with Gasteiger partial charge in [-0.15, -0.1) is 11.6 Å². The highest BCUT2D eigenvalue weighted by Crippen LogP contribution is 2.31. The van der Waals surface area contributed by atoms with Crippen LogP contribution in [0.2, 0.25) is 0 Å². The molecule has 0 fully saturated rings. The molecule has 1 unspecified atom stereocenters. The first-order chi connectivity index (χ1) is 14.2. The number of hydrogen-bond acceptors (Lipinski definition) is 3. The lowest BCUT2D eigenvalue weighted by Gasteiger charge is -2.24. The van der Waals surface area contributed by atoms with E-state index in [1.165, 1.54) is 60.7 Å². The number of hydrogen-bond donors (Lipinski definition) is 3. The Morgan fingerprint density at radius 2 is 1.55 bits per heavy atom. The Kier molecular flexibility index (Phi) is 17.0. The van der Waals surface area contributed by atoms with Crippen LogP contribution in [0.5, 0.6) is 0 Å². The maximum absolute atomic E-state index is 4.64. The van der Waals surface area contributed by atoms with Crippen LogP contribution in [0.3, 0.4) is 0 Å². The Bertz CT molecular complexity index is 661. The molecule has 2 rings (SSSR count). The van der Waals surface area contributed by atoms with E-state index in [1.807, 2.05) is 19.9 Å². The van der Waals surface area contributed by atoms with Crippen LogP contribution in [0.1, 0.15) is 81.2 Å². The van der Waals surface area contributed by atoms with Gasteiger partial charge in [0.15, 0.2) is 0 Å². The predicted octanol–water partition coefficient (Wildman–Crippen LogP) is 8.09. The summed E-state index contributed by atoms with van der Waals surface area (Å²) in [5, 5.41) is 3.79. The minimum absolute atomic E-state index is 0.183. The summed E-state index contributed by atoms with van der Waals surface area (Å²) in [6, 6.07) is 15.3. The lowest BCUT2D eigenvalue weighted by Crippen LogP contribution is -2.25. The summed E-state index contributed by atoms with van der Waals surface area (Å²) in [5.74, 6) is 0. The van der Waals surface area contributed by atoms with E-state index >= 15 is 0 Å². The quantitative estimate of drug-likeness (QED) is 0.199. The summed E-state index contributed by atoms with van der Waals surface area (Å²) in [6.07, 6.45) is 7.96. The van der Waals surface area contributed by atoms with Crippen molar-refractivity contribution in [1.82, 2.24) is 5.32 Å². The van der Waals surface area contributed by atoms with E-state index in [-0.39, 0.29) is 6.04 Å². The SMILES string of the molecule is CC.CCCCCCCNC(c1ccc(C)cc1C)c1ccccc1NS.CCl. The topological polar surface area (TPSA) is 24.1 Å². The van der Waals surface area contributed by atoms with E-state index in [4.69, 9.17) is 0 Å². The third kappa shape index (κ3) is 9.93. The van der Waals surface area contributed by atoms with Gasteiger partial charge in [0, 0.05) is 12.1 Å². The molecule has 1 atom stereocenters. The number of unbranched alkanes of at least 4 members (excludes halogenated alkanes) is 4. The minimum Gasteiger partial charge on any atom is -0.332 e. The maximum atomic E-state index is 4.64. The van der Waals surface area contributed by atoms with E-state index in [2.05, 4.69) is 91.6 Å².